The van der Waals surface area contributed by atoms with Gasteiger partial charge in [-0.15, -0.1) is 11.8 Å². The van der Waals surface area contributed by atoms with Gasteiger partial charge in [-0.05, 0) is 24.1 Å². The minimum absolute atomic E-state index is 0.985. The summed E-state index contributed by atoms with van der Waals surface area (Å²) in [6, 6.07) is 14.5. The molecule has 0 saturated heterocycles. The Morgan fingerprint density at radius 2 is 1.87 bits per heavy atom. The normalized spacial score (nSPS) is 10.2. The van der Waals surface area contributed by atoms with Crippen LogP contribution in [0, 0.1) is 6.92 Å². The molecule has 2 aromatic rings. The molecule has 0 spiro atoms. The van der Waals surface area contributed by atoms with E-state index < -0.39 is 0 Å². The van der Waals surface area contributed by atoms with Gasteiger partial charge in [-0.25, -0.2) is 4.98 Å². The smallest absolute Gasteiger partial charge is 0.0992 e. The predicted molar refractivity (Wildman–Crippen MR) is 65.0 cm³/mol. The lowest BCUT2D eigenvalue weighted by molar-refractivity contribution is 1.08. The average Bonchev–Trinajstić information content (AvgIpc) is 2.29. The van der Waals surface area contributed by atoms with Crippen LogP contribution in [0.4, 0.5) is 0 Å². The molecule has 0 aliphatic carbocycles. The molecule has 0 amide bonds. The molecule has 0 bridgehead atoms. The van der Waals surface area contributed by atoms with Gasteiger partial charge in [0.1, 0.15) is 0 Å². The van der Waals surface area contributed by atoms with Crippen molar-refractivity contribution in [3.63, 3.8) is 0 Å². The number of aryl methyl sites for hydroxylation is 1. The van der Waals surface area contributed by atoms with E-state index in [0.29, 0.717) is 0 Å². The molecule has 0 aliphatic rings. The Hall–Kier alpha value is -1.28. The molecule has 1 nitrogen and oxygen atoms in total. The molecule has 0 aliphatic heterocycles. The van der Waals surface area contributed by atoms with Crippen molar-refractivity contribution in [2.24, 2.45) is 0 Å². The van der Waals surface area contributed by atoms with Gasteiger partial charge in [0.2, 0.25) is 0 Å². The van der Waals surface area contributed by atoms with Gasteiger partial charge in [-0.1, -0.05) is 36.4 Å². The summed E-state index contributed by atoms with van der Waals surface area (Å²) in [5.74, 6) is 0.985. The molecular weight excluding hydrogens is 202 g/mol. The zero-order chi connectivity index (χ0) is 10.5. The largest absolute Gasteiger partial charge is 0.250 e. The minimum atomic E-state index is 0.985. The molecular formula is C13H13NS. The fourth-order valence-corrected chi connectivity index (χ4v) is 2.28. The first kappa shape index (κ1) is 10.2. The van der Waals surface area contributed by atoms with Crippen LogP contribution < -0.4 is 0 Å². The van der Waals surface area contributed by atoms with Crippen molar-refractivity contribution in [3.05, 3.63) is 59.8 Å². The molecule has 2 heteroatoms. The molecule has 0 radical (unpaired) electrons. The van der Waals surface area contributed by atoms with E-state index in [-0.39, 0.29) is 0 Å². The maximum absolute atomic E-state index is 4.36. The second kappa shape index (κ2) is 4.99. The zero-order valence-corrected chi connectivity index (χ0v) is 9.50. The van der Waals surface area contributed by atoms with Crippen LogP contribution in [0.3, 0.4) is 0 Å². The quantitative estimate of drug-likeness (QED) is 0.724. The molecule has 15 heavy (non-hydrogen) atoms. The van der Waals surface area contributed by atoms with E-state index in [1.54, 1.807) is 11.8 Å². The molecule has 0 N–H and O–H groups in total. The topological polar surface area (TPSA) is 12.9 Å². The molecule has 2 rings (SSSR count). The Kier molecular flexibility index (Phi) is 3.41. The number of thioether (sulfide) groups is 1. The molecule has 1 aromatic carbocycles. The Morgan fingerprint density at radius 1 is 1.07 bits per heavy atom. The van der Waals surface area contributed by atoms with Crippen LogP contribution in [0.25, 0.3) is 0 Å². The molecule has 0 fully saturated rings. The Labute approximate surface area is 94.6 Å². The van der Waals surface area contributed by atoms with E-state index in [0.717, 1.165) is 10.8 Å². The Bertz CT molecular complexity index is 426. The number of aromatic nitrogens is 1. The number of hydrogen-bond acceptors (Lipinski definition) is 2. The Morgan fingerprint density at radius 3 is 2.60 bits per heavy atom. The van der Waals surface area contributed by atoms with Crippen LogP contribution in [0.1, 0.15) is 11.1 Å². The average molecular weight is 215 g/mol. The van der Waals surface area contributed by atoms with Crippen LogP contribution in [-0.2, 0) is 5.75 Å². The van der Waals surface area contributed by atoms with Crippen molar-refractivity contribution < 1.29 is 0 Å². The van der Waals surface area contributed by atoms with Crippen LogP contribution in [0.15, 0.2) is 53.7 Å². The summed E-state index contributed by atoms with van der Waals surface area (Å²) < 4.78 is 0. The van der Waals surface area contributed by atoms with Crippen LogP contribution >= 0.6 is 11.8 Å². The van der Waals surface area contributed by atoms with E-state index in [1.807, 2.05) is 18.3 Å². The van der Waals surface area contributed by atoms with Gasteiger partial charge in [0.05, 0.1) is 5.03 Å². The third-order valence-corrected chi connectivity index (χ3v) is 3.36. The number of rotatable bonds is 3. The number of pyridine rings is 1. The lowest BCUT2D eigenvalue weighted by Crippen LogP contribution is -1.85. The van der Waals surface area contributed by atoms with Crippen molar-refractivity contribution in [1.29, 1.82) is 0 Å². The summed E-state index contributed by atoms with van der Waals surface area (Å²) in [7, 11) is 0. The van der Waals surface area contributed by atoms with E-state index in [2.05, 4.69) is 42.2 Å². The van der Waals surface area contributed by atoms with E-state index >= 15 is 0 Å². The molecule has 0 unspecified atom stereocenters. The van der Waals surface area contributed by atoms with Gasteiger partial charge >= 0.3 is 0 Å². The SMILES string of the molecule is Cc1cccnc1SCc1ccccc1. The van der Waals surface area contributed by atoms with Gasteiger partial charge in [-0.2, -0.15) is 0 Å². The van der Waals surface area contributed by atoms with Crippen molar-refractivity contribution in [3.8, 4) is 0 Å². The second-order valence-electron chi connectivity index (χ2n) is 3.40. The molecule has 1 aromatic heterocycles. The maximum atomic E-state index is 4.36. The fourth-order valence-electron chi connectivity index (χ4n) is 1.35. The molecule has 76 valence electrons. The fraction of sp³-hybridized carbons (Fsp3) is 0.154. The highest BCUT2D eigenvalue weighted by molar-refractivity contribution is 7.98. The van der Waals surface area contributed by atoms with E-state index in [9.17, 15) is 0 Å². The first-order valence-electron chi connectivity index (χ1n) is 4.94. The summed E-state index contributed by atoms with van der Waals surface area (Å²) in [6.07, 6.45) is 1.85. The van der Waals surface area contributed by atoms with Gasteiger partial charge in [0, 0.05) is 11.9 Å². The first-order chi connectivity index (χ1) is 7.36. The highest BCUT2D eigenvalue weighted by Crippen LogP contribution is 2.23. The summed E-state index contributed by atoms with van der Waals surface area (Å²) in [5, 5.41) is 1.13. The monoisotopic (exact) mass is 215 g/mol. The van der Waals surface area contributed by atoms with Gasteiger partial charge < -0.3 is 0 Å². The lowest BCUT2D eigenvalue weighted by Gasteiger charge is -2.03. The molecule has 0 saturated carbocycles. The minimum Gasteiger partial charge on any atom is -0.250 e. The third kappa shape index (κ3) is 2.83. The summed E-state index contributed by atoms with van der Waals surface area (Å²) in [5.41, 5.74) is 2.59. The van der Waals surface area contributed by atoms with E-state index in [4.69, 9.17) is 0 Å². The summed E-state index contributed by atoms with van der Waals surface area (Å²) >= 11 is 1.79. The predicted octanol–water partition coefficient (Wildman–Crippen LogP) is 3.68. The van der Waals surface area contributed by atoms with Gasteiger partial charge in [-0.3, -0.25) is 0 Å². The highest BCUT2D eigenvalue weighted by atomic mass is 32.2. The van der Waals surface area contributed by atoms with Crippen molar-refractivity contribution in [1.82, 2.24) is 4.98 Å². The molecule has 1 heterocycles. The zero-order valence-electron chi connectivity index (χ0n) is 8.68. The second-order valence-corrected chi connectivity index (χ2v) is 4.36. The van der Waals surface area contributed by atoms with Crippen LogP contribution in [0.2, 0.25) is 0 Å². The van der Waals surface area contributed by atoms with Gasteiger partial charge in [0.15, 0.2) is 0 Å². The Balaban J connectivity index is 2.03. The third-order valence-electron chi connectivity index (χ3n) is 2.18. The highest BCUT2D eigenvalue weighted by Gasteiger charge is 1.99. The number of benzene rings is 1. The first-order valence-corrected chi connectivity index (χ1v) is 5.93. The van der Waals surface area contributed by atoms with Crippen LogP contribution in [-0.4, -0.2) is 4.98 Å². The standard InChI is InChI=1S/C13H13NS/c1-11-6-5-9-14-13(11)15-10-12-7-3-2-4-8-12/h2-9H,10H2,1H3. The summed E-state index contributed by atoms with van der Waals surface area (Å²) in [4.78, 5) is 4.36. The molecule has 0 atom stereocenters. The van der Waals surface area contributed by atoms with Crippen molar-refractivity contribution >= 4 is 11.8 Å². The maximum Gasteiger partial charge on any atom is 0.0992 e. The summed E-state index contributed by atoms with van der Waals surface area (Å²) in [6.45, 7) is 2.10. The van der Waals surface area contributed by atoms with Crippen molar-refractivity contribution in [2.75, 3.05) is 0 Å². The van der Waals surface area contributed by atoms with Gasteiger partial charge in [0.25, 0.3) is 0 Å². The lowest BCUT2D eigenvalue weighted by atomic mass is 10.2. The number of nitrogens with zero attached hydrogens (tertiary/aromatic N) is 1. The van der Waals surface area contributed by atoms with Crippen LogP contribution in [0.5, 0.6) is 0 Å². The van der Waals surface area contributed by atoms with Crippen molar-refractivity contribution in [2.45, 2.75) is 17.7 Å². The van der Waals surface area contributed by atoms with E-state index in [1.165, 1.54) is 11.1 Å². The number of hydrogen-bond donors (Lipinski definition) is 0.